The van der Waals surface area contributed by atoms with Gasteiger partial charge in [-0.3, -0.25) is 0 Å². The lowest BCUT2D eigenvalue weighted by molar-refractivity contribution is 0.688. The minimum absolute atomic E-state index is 0. The Balaban J connectivity index is -0.000000985. The van der Waals surface area contributed by atoms with Gasteiger partial charge in [0, 0.05) is 18.2 Å². The third-order valence-corrected chi connectivity index (χ3v) is 4.08. The Labute approximate surface area is 164 Å². The minimum Gasteiger partial charge on any atom is -0.385 e. The summed E-state index contributed by atoms with van der Waals surface area (Å²) in [6.45, 7) is 23.9. The lowest BCUT2D eigenvalue weighted by Crippen LogP contribution is -2.19. The molecule has 4 N–H and O–H groups in total. The van der Waals surface area contributed by atoms with E-state index in [0.717, 1.165) is 18.7 Å². The van der Waals surface area contributed by atoms with Gasteiger partial charge in [-0.2, -0.15) is 0 Å². The standard InChI is InChI=1S/C20H29N.2C2H6.H3N/c1-7-9-14-21-18(6)16(4)20(8-2)17(5)19-12-10-15(3)11-13-19;2*1-2;/h7,9-13,16,21H,6,8,14H2,1-5H3;2*1-2H3;1H3/b9-7-,20-17+;;;. The minimum atomic E-state index is 0. The maximum absolute atomic E-state index is 4.21. The highest BCUT2D eigenvalue weighted by Gasteiger charge is 2.14. The van der Waals surface area contributed by atoms with Gasteiger partial charge in [-0.15, -0.1) is 0 Å². The lowest BCUT2D eigenvalue weighted by Gasteiger charge is -2.21. The zero-order chi connectivity index (χ0) is 19.8. The second kappa shape index (κ2) is 18.0. The largest absolute Gasteiger partial charge is 0.385 e. The zero-order valence-corrected chi connectivity index (χ0v) is 18.9. The van der Waals surface area contributed by atoms with E-state index in [1.54, 1.807) is 0 Å². The molecule has 2 heteroatoms. The highest BCUT2D eigenvalue weighted by atomic mass is 14.9. The highest BCUT2D eigenvalue weighted by Crippen LogP contribution is 2.29. The average molecular weight is 361 g/mol. The van der Waals surface area contributed by atoms with E-state index in [4.69, 9.17) is 0 Å². The van der Waals surface area contributed by atoms with Gasteiger partial charge in [-0.05, 0) is 38.3 Å². The van der Waals surface area contributed by atoms with Crippen molar-refractivity contribution >= 4 is 5.57 Å². The molecular weight excluding hydrogens is 316 g/mol. The van der Waals surface area contributed by atoms with E-state index in [9.17, 15) is 0 Å². The quantitative estimate of drug-likeness (QED) is 0.489. The first kappa shape index (κ1) is 29.0. The predicted octanol–water partition coefficient (Wildman–Crippen LogP) is 7.71. The second-order valence-electron chi connectivity index (χ2n) is 5.57. The average Bonchev–Trinajstić information content (AvgIpc) is 2.66. The molecule has 0 saturated carbocycles. The van der Waals surface area contributed by atoms with Crippen molar-refractivity contribution in [3.63, 3.8) is 0 Å². The van der Waals surface area contributed by atoms with E-state index in [-0.39, 0.29) is 6.15 Å². The number of aryl methyl sites for hydroxylation is 1. The summed E-state index contributed by atoms with van der Waals surface area (Å²) < 4.78 is 0. The van der Waals surface area contributed by atoms with Crippen LogP contribution in [0.4, 0.5) is 0 Å². The molecule has 0 heterocycles. The van der Waals surface area contributed by atoms with Crippen LogP contribution in [0.25, 0.3) is 5.57 Å². The van der Waals surface area contributed by atoms with Gasteiger partial charge in [0.15, 0.2) is 0 Å². The summed E-state index contributed by atoms with van der Waals surface area (Å²) in [6, 6.07) is 8.78. The first-order valence-corrected chi connectivity index (χ1v) is 9.81. The number of allylic oxidation sites excluding steroid dienone is 3. The fourth-order valence-electron chi connectivity index (χ4n) is 2.56. The Kier molecular flexibility index (Phi) is 20.1. The molecule has 0 aromatic heterocycles. The summed E-state index contributed by atoms with van der Waals surface area (Å²) >= 11 is 0. The van der Waals surface area contributed by atoms with Crippen molar-refractivity contribution in [1.82, 2.24) is 11.5 Å². The zero-order valence-electron chi connectivity index (χ0n) is 18.9. The fourth-order valence-corrected chi connectivity index (χ4v) is 2.56. The first-order chi connectivity index (χ1) is 12.0. The molecule has 2 nitrogen and oxygen atoms in total. The molecule has 0 amide bonds. The van der Waals surface area contributed by atoms with Crippen molar-refractivity contribution in [3.8, 4) is 0 Å². The van der Waals surface area contributed by atoms with Crippen molar-refractivity contribution in [2.75, 3.05) is 6.54 Å². The van der Waals surface area contributed by atoms with Gasteiger partial charge in [-0.25, -0.2) is 0 Å². The van der Waals surface area contributed by atoms with Gasteiger partial charge < -0.3 is 11.5 Å². The van der Waals surface area contributed by atoms with Gasteiger partial charge in [0.05, 0.1) is 0 Å². The Morgan fingerprint density at radius 3 is 2.04 bits per heavy atom. The van der Waals surface area contributed by atoms with E-state index in [1.807, 2.05) is 34.6 Å². The molecule has 1 aromatic rings. The summed E-state index contributed by atoms with van der Waals surface area (Å²) in [5.41, 5.74) is 6.54. The molecule has 0 saturated heterocycles. The molecular formula is C24H44N2. The molecule has 0 fully saturated rings. The Hall–Kier alpha value is -1.80. The van der Waals surface area contributed by atoms with Crippen molar-refractivity contribution < 1.29 is 0 Å². The first-order valence-electron chi connectivity index (χ1n) is 9.81. The molecule has 0 radical (unpaired) electrons. The third kappa shape index (κ3) is 10.2. The maximum atomic E-state index is 4.21. The number of benzene rings is 1. The van der Waals surface area contributed by atoms with Crippen molar-refractivity contribution in [2.24, 2.45) is 5.92 Å². The molecule has 0 aliphatic rings. The van der Waals surface area contributed by atoms with Crippen molar-refractivity contribution in [1.29, 1.82) is 0 Å². The SMILES string of the molecule is C=C(NC/C=C\C)C(C)/C(CC)=C(\C)c1ccc(C)cc1.CC.CC.N. The van der Waals surface area contributed by atoms with Gasteiger partial charge in [0.1, 0.15) is 0 Å². The van der Waals surface area contributed by atoms with Crippen LogP contribution < -0.4 is 11.5 Å². The molecule has 26 heavy (non-hydrogen) atoms. The van der Waals surface area contributed by atoms with Crippen LogP contribution >= 0.6 is 0 Å². The van der Waals surface area contributed by atoms with E-state index >= 15 is 0 Å². The topological polar surface area (TPSA) is 47.0 Å². The number of hydrogen-bond acceptors (Lipinski definition) is 2. The Morgan fingerprint density at radius 2 is 1.62 bits per heavy atom. The van der Waals surface area contributed by atoms with E-state index in [1.165, 1.54) is 22.3 Å². The molecule has 1 unspecified atom stereocenters. The van der Waals surface area contributed by atoms with Crippen LogP contribution in [0, 0.1) is 12.8 Å². The smallest absolute Gasteiger partial charge is 0.0327 e. The summed E-state index contributed by atoms with van der Waals surface area (Å²) in [7, 11) is 0. The van der Waals surface area contributed by atoms with E-state index in [0.29, 0.717) is 5.92 Å². The summed E-state index contributed by atoms with van der Waals surface area (Å²) in [6.07, 6.45) is 5.21. The normalized spacial score (nSPS) is 11.7. The Bertz CT molecular complexity index is 522. The molecule has 0 spiro atoms. The van der Waals surface area contributed by atoms with Crippen LogP contribution in [0.1, 0.15) is 72.9 Å². The van der Waals surface area contributed by atoms with Crippen molar-refractivity contribution in [2.45, 2.75) is 68.7 Å². The van der Waals surface area contributed by atoms with E-state index < -0.39 is 0 Å². The van der Waals surface area contributed by atoms with Gasteiger partial charge in [0.25, 0.3) is 0 Å². The molecule has 0 aliphatic heterocycles. The predicted molar refractivity (Wildman–Crippen MR) is 123 cm³/mol. The van der Waals surface area contributed by atoms with Gasteiger partial charge >= 0.3 is 0 Å². The Morgan fingerprint density at radius 1 is 1.12 bits per heavy atom. The monoisotopic (exact) mass is 360 g/mol. The number of nitrogens with one attached hydrogen (secondary N) is 1. The van der Waals surface area contributed by atoms with Gasteiger partial charge in [0.2, 0.25) is 0 Å². The fraction of sp³-hybridized carbons (Fsp3) is 0.500. The van der Waals surface area contributed by atoms with E-state index in [2.05, 4.69) is 76.0 Å². The molecule has 0 aliphatic carbocycles. The summed E-state index contributed by atoms with van der Waals surface area (Å²) in [4.78, 5) is 0. The summed E-state index contributed by atoms with van der Waals surface area (Å²) in [5, 5.41) is 3.40. The lowest BCUT2D eigenvalue weighted by atomic mass is 9.88. The molecule has 1 rings (SSSR count). The molecule has 0 bridgehead atoms. The van der Waals surface area contributed by atoms with Crippen LogP contribution in [-0.4, -0.2) is 6.54 Å². The van der Waals surface area contributed by atoms with Crippen LogP contribution in [0.15, 0.2) is 54.3 Å². The molecule has 150 valence electrons. The third-order valence-electron chi connectivity index (χ3n) is 4.08. The summed E-state index contributed by atoms with van der Waals surface area (Å²) in [5.74, 6) is 0.349. The van der Waals surface area contributed by atoms with Gasteiger partial charge in [-0.1, -0.05) is 95.7 Å². The molecule has 1 atom stereocenters. The maximum Gasteiger partial charge on any atom is 0.0327 e. The van der Waals surface area contributed by atoms with Crippen LogP contribution in [0.2, 0.25) is 0 Å². The second-order valence-corrected chi connectivity index (χ2v) is 5.57. The molecule has 1 aromatic carbocycles. The number of hydrogen-bond donors (Lipinski definition) is 2. The van der Waals surface area contributed by atoms with Crippen LogP contribution in [0.5, 0.6) is 0 Å². The number of rotatable bonds is 7. The van der Waals surface area contributed by atoms with Crippen molar-refractivity contribution in [3.05, 3.63) is 65.4 Å². The highest BCUT2D eigenvalue weighted by molar-refractivity contribution is 5.68. The van der Waals surface area contributed by atoms with Crippen LogP contribution in [-0.2, 0) is 0 Å². The van der Waals surface area contributed by atoms with Crippen LogP contribution in [0.3, 0.4) is 0 Å².